The molecule has 6 rings (SSSR count). The van der Waals surface area contributed by atoms with Gasteiger partial charge in [0.2, 0.25) is 0 Å². The molecule has 0 N–H and O–H groups in total. The lowest BCUT2D eigenvalue weighted by Crippen LogP contribution is -2.49. The van der Waals surface area contributed by atoms with Gasteiger partial charge in [-0.25, -0.2) is 0 Å². The minimum atomic E-state index is -1.59. The lowest BCUT2D eigenvalue weighted by molar-refractivity contribution is -0.127. The summed E-state index contributed by atoms with van der Waals surface area (Å²) in [6.07, 6.45) is 3.88. The van der Waals surface area contributed by atoms with E-state index in [2.05, 4.69) is 15.9 Å². The van der Waals surface area contributed by atoms with Gasteiger partial charge in [0.15, 0.2) is 28.8 Å². The Labute approximate surface area is 242 Å². The Morgan fingerprint density at radius 2 is 1.60 bits per heavy atom. The van der Waals surface area contributed by atoms with Crippen LogP contribution in [0.1, 0.15) is 58.5 Å². The van der Waals surface area contributed by atoms with Gasteiger partial charge in [-0.05, 0) is 29.8 Å². The van der Waals surface area contributed by atoms with Crippen molar-refractivity contribution in [1.29, 1.82) is 0 Å². The van der Waals surface area contributed by atoms with Gasteiger partial charge < -0.3 is 14.4 Å². The van der Waals surface area contributed by atoms with E-state index in [0.29, 0.717) is 28.2 Å². The van der Waals surface area contributed by atoms with E-state index in [9.17, 15) is 14.4 Å². The number of ether oxygens (including phenoxy) is 2. The minimum Gasteiger partial charge on any atom is -0.493 e. The Bertz CT molecular complexity index is 1580. The van der Waals surface area contributed by atoms with Gasteiger partial charge >= 0.3 is 0 Å². The summed E-state index contributed by atoms with van der Waals surface area (Å²) in [7, 11) is 3.09. The Morgan fingerprint density at radius 3 is 2.20 bits per heavy atom. The van der Waals surface area contributed by atoms with Crippen LogP contribution in [0.3, 0.4) is 0 Å². The van der Waals surface area contributed by atoms with E-state index in [1.165, 1.54) is 7.11 Å². The molecule has 0 unspecified atom stereocenters. The first-order chi connectivity index (χ1) is 19.1. The van der Waals surface area contributed by atoms with Crippen molar-refractivity contribution in [2.75, 3.05) is 19.1 Å². The number of carbonyl (C=O) groups excluding carboxylic acids is 3. The number of hydrogen-bond donors (Lipinski definition) is 0. The molecule has 3 aliphatic rings. The van der Waals surface area contributed by atoms with Crippen LogP contribution in [0.15, 0.2) is 71.2 Å². The van der Waals surface area contributed by atoms with Crippen molar-refractivity contribution in [3.05, 3.63) is 93.5 Å². The Kier molecular flexibility index (Phi) is 6.07. The van der Waals surface area contributed by atoms with E-state index in [4.69, 9.17) is 9.47 Å². The highest BCUT2D eigenvalue weighted by atomic mass is 79.9. The molecule has 3 atom stereocenters. The molecule has 0 saturated carbocycles. The zero-order valence-corrected chi connectivity index (χ0v) is 24.6. The van der Waals surface area contributed by atoms with Crippen molar-refractivity contribution in [2.45, 2.75) is 38.8 Å². The van der Waals surface area contributed by atoms with Gasteiger partial charge in [-0.15, -0.1) is 0 Å². The van der Waals surface area contributed by atoms with Gasteiger partial charge in [0, 0.05) is 38.2 Å². The average molecular weight is 601 g/mol. The van der Waals surface area contributed by atoms with Crippen LogP contribution in [0, 0.1) is 10.8 Å². The van der Waals surface area contributed by atoms with Gasteiger partial charge in [-0.3, -0.25) is 14.4 Å². The van der Waals surface area contributed by atoms with Crippen LogP contribution in [0.2, 0.25) is 0 Å². The van der Waals surface area contributed by atoms with E-state index in [1.54, 1.807) is 37.4 Å². The number of benzene rings is 3. The number of Topliss-reactive ketones (excluding diaryl/α,β-unsaturated/α-hetero) is 3. The van der Waals surface area contributed by atoms with Crippen LogP contribution >= 0.6 is 15.9 Å². The smallest absolute Gasteiger partial charge is 0.180 e. The fourth-order valence-corrected chi connectivity index (χ4v) is 7.27. The van der Waals surface area contributed by atoms with E-state index in [0.717, 1.165) is 15.7 Å². The molecule has 6 nitrogen and oxygen atoms in total. The van der Waals surface area contributed by atoms with Crippen LogP contribution < -0.4 is 14.4 Å². The van der Waals surface area contributed by atoms with Crippen molar-refractivity contribution in [2.24, 2.45) is 10.8 Å². The normalized spacial score (nSPS) is 22.2. The maximum absolute atomic E-state index is 14.7. The fraction of sp³-hybridized carbons (Fsp3) is 0.303. The maximum Gasteiger partial charge on any atom is 0.180 e. The molecule has 3 aromatic rings. The number of ketones is 3. The molecule has 2 aliphatic heterocycles. The number of methoxy groups -OCH3 is 2. The third-order valence-electron chi connectivity index (χ3n) is 8.54. The molecule has 1 spiro atoms. The molecular weight excluding hydrogens is 570 g/mol. The predicted molar refractivity (Wildman–Crippen MR) is 158 cm³/mol. The number of para-hydroxylation sites is 1. The van der Waals surface area contributed by atoms with Crippen LogP contribution in [0.25, 0.3) is 6.08 Å². The molecule has 2 heterocycles. The number of halogens is 1. The first kappa shape index (κ1) is 26.5. The zero-order valence-electron chi connectivity index (χ0n) is 23.0. The van der Waals surface area contributed by atoms with E-state index in [-0.39, 0.29) is 17.3 Å². The lowest BCUT2D eigenvalue weighted by atomic mass is 9.63. The molecule has 1 fully saturated rings. The van der Waals surface area contributed by atoms with Gasteiger partial charge in [-0.1, -0.05) is 85.3 Å². The van der Waals surface area contributed by atoms with Crippen LogP contribution in [0.4, 0.5) is 5.69 Å². The van der Waals surface area contributed by atoms with Crippen molar-refractivity contribution in [3.63, 3.8) is 0 Å². The molecule has 1 saturated heterocycles. The van der Waals surface area contributed by atoms with Crippen molar-refractivity contribution >= 4 is 45.0 Å². The summed E-state index contributed by atoms with van der Waals surface area (Å²) in [5.74, 6) is -0.569. The average Bonchev–Trinajstić information content (AvgIpc) is 3.37. The number of hydrogen-bond acceptors (Lipinski definition) is 6. The zero-order chi connectivity index (χ0) is 28.6. The first-order valence-corrected chi connectivity index (χ1v) is 14.1. The summed E-state index contributed by atoms with van der Waals surface area (Å²) in [6.45, 7) is 5.64. The summed E-state index contributed by atoms with van der Waals surface area (Å²) in [5, 5.41) is 0. The minimum absolute atomic E-state index is 0.0648. The van der Waals surface area contributed by atoms with Crippen molar-refractivity contribution in [3.8, 4) is 11.5 Å². The Hall–Kier alpha value is -3.71. The number of fused-ring (bicyclic) bond motifs is 5. The Morgan fingerprint density at radius 1 is 0.925 bits per heavy atom. The summed E-state index contributed by atoms with van der Waals surface area (Å²) >= 11 is 3.56. The molecule has 3 aromatic carbocycles. The molecular formula is C33H30BrNO5. The SMILES string of the molecule is COc1cccc([C@H]2[C@H](C(=O)C(C)(C)C)N3c4ccc(Br)cc4C=C[C@@H]3C23C(=O)c2ccccc2C3=O)c1OC. The maximum atomic E-state index is 14.7. The van der Waals surface area contributed by atoms with E-state index in [1.807, 2.05) is 68.2 Å². The molecule has 0 bridgehead atoms. The van der Waals surface area contributed by atoms with Crippen LogP contribution in [-0.4, -0.2) is 43.7 Å². The van der Waals surface area contributed by atoms with Crippen molar-refractivity contribution < 1.29 is 23.9 Å². The summed E-state index contributed by atoms with van der Waals surface area (Å²) in [5.41, 5.74) is 0.728. The second kappa shape index (κ2) is 9.16. The molecule has 0 amide bonds. The number of nitrogens with zero attached hydrogens (tertiary/aromatic N) is 1. The second-order valence-corrected chi connectivity index (χ2v) is 12.5. The Balaban J connectivity index is 1.74. The summed E-state index contributed by atoms with van der Waals surface area (Å²) < 4.78 is 12.4. The predicted octanol–water partition coefficient (Wildman–Crippen LogP) is 6.51. The van der Waals surface area contributed by atoms with E-state index < -0.39 is 28.8 Å². The molecule has 1 aliphatic carbocycles. The third kappa shape index (κ3) is 3.43. The standard InChI is InChI=1S/C33H30BrNO5/c1-32(2,3)31(38)27-26(22-11-8-12-24(39-4)28(22)40-5)33(29(36)20-9-6-7-10-21(20)30(33)37)25-16-13-18-17-19(34)14-15-23(18)35(25)27/h6-17,25-27H,1-5H3/t25-,26+,27-/m1/s1. The third-order valence-corrected chi connectivity index (χ3v) is 9.04. The second-order valence-electron chi connectivity index (χ2n) is 11.6. The molecule has 0 radical (unpaired) electrons. The largest absolute Gasteiger partial charge is 0.493 e. The quantitative estimate of drug-likeness (QED) is 0.318. The van der Waals surface area contributed by atoms with Crippen LogP contribution in [0.5, 0.6) is 11.5 Å². The molecule has 40 heavy (non-hydrogen) atoms. The van der Waals surface area contributed by atoms with Crippen LogP contribution in [-0.2, 0) is 4.79 Å². The lowest BCUT2D eigenvalue weighted by Gasteiger charge is -2.38. The van der Waals surface area contributed by atoms with Gasteiger partial charge in [-0.2, -0.15) is 0 Å². The number of rotatable bonds is 4. The van der Waals surface area contributed by atoms with Gasteiger partial charge in [0.25, 0.3) is 0 Å². The van der Waals surface area contributed by atoms with Gasteiger partial charge in [0.05, 0.1) is 26.3 Å². The van der Waals surface area contributed by atoms with Crippen molar-refractivity contribution in [1.82, 2.24) is 0 Å². The monoisotopic (exact) mass is 599 g/mol. The van der Waals surface area contributed by atoms with E-state index >= 15 is 0 Å². The highest BCUT2D eigenvalue weighted by Crippen LogP contribution is 2.62. The summed E-state index contributed by atoms with van der Waals surface area (Å²) in [6, 6.07) is 16.8. The highest BCUT2D eigenvalue weighted by molar-refractivity contribution is 9.10. The molecule has 0 aromatic heterocycles. The number of carbonyl (C=O) groups is 3. The molecule has 7 heteroatoms. The summed E-state index contributed by atoms with van der Waals surface area (Å²) in [4.78, 5) is 46.1. The fourth-order valence-electron chi connectivity index (χ4n) is 6.89. The topological polar surface area (TPSA) is 72.9 Å². The van der Waals surface area contributed by atoms with Gasteiger partial charge in [0.1, 0.15) is 5.41 Å². The highest BCUT2D eigenvalue weighted by Gasteiger charge is 2.72. The first-order valence-electron chi connectivity index (χ1n) is 13.3. The molecule has 204 valence electrons. The number of anilines is 1.